The van der Waals surface area contributed by atoms with Gasteiger partial charge in [0.1, 0.15) is 11.5 Å². The highest BCUT2D eigenvalue weighted by atomic mass is 16.6. The van der Waals surface area contributed by atoms with Crippen molar-refractivity contribution in [1.82, 2.24) is 9.97 Å². The molecule has 3 aromatic carbocycles. The second kappa shape index (κ2) is 6.38. The topological polar surface area (TPSA) is 109 Å². The molecule has 0 atom stereocenters. The first-order valence-corrected chi connectivity index (χ1v) is 8.10. The third-order valence-electron chi connectivity index (χ3n) is 4.25. The Balaban J connectivity index is 1.84. The molecule has 0 aliphatic rings. The number of nitrogens with zero attached hydrogens (tertiary/aromatic N) is 2. The average Bonchev–Trinajstić information content (AvgIpc) is 2.67. The second-order valence-corrected chi connectivity index (χ2v) is 5.97. The molecule has 0 radical (unpaired) electrons. The Labute approximate surface area is 152 Å². The molecule has 4 aromatic rings. The van der Waals surface area contributed by atoms with E-state index in [1.54, 1.807) is 6.07 Å². The van der Waals surface area contributed by atoms with Crippen LogP contribution < -0.4 is 5.56 Å². The molecule has 0 aliphatic carbocycles. The lowest BCUT2D eigenvalue weighted by Gasteiger charge is -2.06. The Hall–Kier alpha value is -4.00. The predicted molar refractivity (Wildman–Crippen MR) is 103 cm³/mol. The maximum absolute atomic E-state index is 12.3. The van der Waals surface area contributed by atoms with Crippen molar-refractivity contribution in [2.24, 2.45) is 0 Å². The quantitative estimate of drug-likeness (QED) is 0.326. The minimum absolute atomic E-state index is 0.0155. The number of rotatable bonds is 3. The van der Waals surface area contributed by atoms with Gasteiger partial charge in [-0.2, -0.15) is 0 Å². The fourth-order valence-electron chi connectivity index (χ4n) is 2.96. The van der Waals surface area contributed by atoms with E-state index in [4.69, 9.17) is 0 Å². The number of nitro groups is 1. The normalized spacial score (nSPS) is 11.8. The van der Waals surface area contributed by atoms with Gasteiger partial charge in [0.05, 0.1) is 16.0 Å². The molecular weight excluding hydrogens is 346 g/mol. The van der Waals surface area contributed by atoms with Crippen molar-refractivity contribution in [3.8, 4) is 0 Å². The molecule has 1 heterocycles. The summed E-state index contributed by atoms with van der Waals surface area (Å²) in [7, 11) is 0. The Morgan fingerprint density at radius 3 is 2.70 bits per heavy atom. The maximum atomic E-state index is 12.3. The summed E-state index contributed by atoms with van der Waals surface area (Å²) >= 11 is 0. The molecule has 0 saturated heterocycles. The van der Waals surface area contributed by atoms with Crippen molar-refractivity contribution in [2.45, 2.75) is 0 Å². The molecule has 0 saturated carbocycles. The number of nitrogens with one attached hydrogen (secondary N) is 1. The number of nitro benzene ring substituents is 1. The molecule has 27 heavy (non-hydrogen) atoms. The van der Waals surface area contributed by atoms with Crippen LogP contribution in [0, 0.1) is 10.1 Å². The highest BCUT2D eigenvalue weighted by Crippen LogP contribution is 2.25. The first kappa shape index (κ1) is 16.5. The smallest absolute Gasteiger partial charge is 0.274 e. The van der Waals surface area contributed by atoms with Gasteiger partial charge in [-0.05, 0) is 16.8 Å². The first-order valence-electron chi connectivity index (χ1n) is 8.10. The lowest BCUT2D eigenvalue weighted by molar-refractivity contribution is -0.384. The van der Waals surface area contributed by atoms with E-state index in [2.05, 4.69) is 9.97 Å². The summed E-state index contributed by atoms with van der Waals surface area (Å²) in [5, 5.41) is 23.2. The van der Waals surface area contributed by atoms with Gasteiger partial charge in [-0.3, -0.25) is 14.9 Å². The van der Waals surface area contributed by atoms with Crippen LogP contribution in [0.15, 0.2) is 65.5 Å². The van der Waals surface area contributed by atoms with Crippen molar-refractivity contribution in [3.63, 3.8) is 0 Å². The zero-order valence-electron chi connectivity index (χ0n) is 13.9. The molecule has 0 fully saturated rings. The number of aliphatic hydroxyl groups excluding tert-OH is 1. The van der Waals surface area contributed by atoms with E-state index in [1.165, 1.54) is 24.3 Å². The molecule has 4 rings (SSSR count). The zero-order valence-corrected chi connectivity index (χ0v) is 13.9. The lowest BCUT2D eigenvalue weighted by Crippen LogP contribution is -2.12. The summed E-state index contributed by atoms with van der Waals surface area (Å²) in [5.74, 6) is -0.0916. The monoisotopic (exact) mass is 359 g/mol. The molecule has 2 N–H and O–H groups in total. The predicted octanol–water partition coefficient (Wildman–Crippen LogP) is 4.04. The Bertz CT molecular complexity index is 1290. The van der Waals surface area contributed by atoms with Crippen molar-refractivity contribution >= 4 is 39.3 Å². The maximum Gasteiger partial charge on any atom is 0.274 e. The summed E-state index contributed by atoms with van der Waals surface area (Å²) in [6.45, 7) is 0. The number of hydrogen-bond donors (Lipinski definition) is 2. The second-order valence-electron chi connectivity index (χ2n) is 5.97. The standard InChI is InChI=1S/C20H13N3O4/c24-19(15-7-3-5-12-4-1-2-6-14(12)15)11-18-20(25)22-17-10-13(23(26)27)8-9-16(17)21-18/h1-11,24H,(H,22,25). The van der Waals surface area contributed by atoms with Crippen LogP contribution in [0.3, 0.4) is 0 Å². The minimum atomic E-state index is -0.546. The molecule has 0 unspecified atom stereocenters. The fourth-order valence-corrected chi connectivity index (χ4v) is 2.96. The van der Waals surface area contributed by atoms with E-state index >= 15 is 0 Å². The highest BCUT2D eigenvalue weighted by molar-refractivity contribution is 5.95. The van der Waals surface area contributed by atoms with E-state index in [9.17, 15) is 20.0 Å². The van der Waals surface area contributed by atoms with Crippen LogP contribution in [0.25, 0.3) is 33.6 Å². The number of aromatic amines is 1. The molecule has 0 bridgehead atoms. The molecule has 132 valence electrons. The van der Waals surface area contributed by atoms with Crippen LogP contribution in [0.1, 0.15) is 11.3 Å². The molecule has 0 amide bonds. The molecule has 0 aliphatic heterocycles. The highest BCUT2D eigenvalue weighted by Gasteiger charge is 2.11. The van der Waals surface area contributed by atoms with Crippen LogP contribution in [0.5, 0.6) is 0 Å². The van der Waals surface area contributed by atoms with Crippen LogP contribution in [0.4, 0.5) is 5.69 Å². The van der Waals surface area contributed by atoms with Crippen LogP contribution in [-0.4, -0.2) is 20.0 Å². The molecule has 7 nitrogen and oxygen atoms in total. The fraction of sp³-hybridized carbons (Fsp3) is 0. The van der Waals surface area contributed by atoms with E-state index in [0.29, 0.717) is 11.1 Å². The van der Waals surface area contributed by atoms with Gasteiger partial charge in [0.2, 0.25) is 0 Å². The summed E-state index contributed by atoms with van der Waals surface area (Å²) in [6, 6.07) is 17.1. The largest absolute Gasteiger partial charge is 0.507 e. The van der Waals surface area contributed by atoms with Crippen molar-refractivity contribution in [1.29, 1.82) is 0 Å². The summed E-state index contributed by atoms with van der Waals surface area (Å²) in [4.78, 5) is 29.4. The SMILES string of the molecule is O=c1[nH]c2cc([N+](=O)[O-])ccc2nc1C=C(O)c1cccc2ccccc12. The van der Waals surface area contributed by atoms with Crippen LogP contribution in [-0.2, 0) is 0 Å². The van der Waals surface area contributed by atoms with E-state index < -0.39 is 10.5 Å². The lowest BCUT2D eigenvalue weighted by atomic mass is 10.0. The van der Waals surface area contributed by atoms with E-state index in [0.717, 1.165) is 10.8 Å². The Morgan fingerprint density at radius 1 is 1.11 bits per heavy atom. The first-order chi connectivity index (χ1) is 13.0. The number of hydrogen-bond acceptors (Lipinski definition) is 5. The minimum Gasteiger partial charge on any atom is -0.507 e. The number of non-ortho nitro benzene ring substituents is 1. The average molecular weight is 359 g/mol. The number of aromatic nitrogens is 2. The third-order valence-corrected chi connectivity index (χ3v) is 4.25. The molecule has 7 heteroatoms. The van der Waals surface area contributed by atoms with E-state index in [-0.39, 0.29) is 22.7 Å². The van der Waals surface area contributed by atoms with Crippen molar-refractivity contribution < 1.29 is 10.0 Å². The number of H-pyrrole nitrogens is 1. The van der Waals surface area contributed by atoms with Gasteiger partial charge in [0, 0.05) is 23.8 Å². The third kappa shape index (κ3) is 3.02. The van der Waals surface area contributed by atoms with Gasteiger partial charge in [-0.25, -0.2) is 4.98 Å². The van der Waals surface area contributed by atoms with Gasteiger partial charge in [0.25, 0.3) is 11.2 Å². The van der Waals surface area contributed by atoms with Gasteiger partial charge >= 0.3 is 0 Å². The summed E-state index contributed by atoms with van der Waals surface area (Å²) < 4.78 is 0. The van der Waals surface area contributed by atoms with Crippen molar-refractivity contribution in [2.75, 3.05) is 0 Å². The number of fused-ring (bicyclic) bond motifs is 2. The Morgan fingerprint density at radius 2 is 1.89 bits per heavy atom. The van der Waals surface area contributed by atoms with Gasteiger partial charge in [-0.1, -0.05) is 42.5 Å². The van der Waals surface area contributed by atoms with Gasteiger partial charge in [0.15, 0.2) is 0 Å². The Kier molecular flexibility index (Phi) is 3.89. The van der Waals surface area contributed by atoms with Gasteiger partial charge < -0.3 is 10.1 Å². The molecular formula is C20H13N3O4. The van der Waals surface area contributed by atoms with Crippen LogP contribution in [0.2, 0.25) is 0 Å². The summed E-state index contributed by atoms with van der Waals surface area (Å²) in [5.41, 5.74) is 0.560. The number of aliphatic hydroxyl groups is 1. The zero-order chi connectivity index (χ0) is 19.0. The van der Waals surface area contributed by atoms with Crippen molar-refractivity contribution in [3.05, 3.63) is 92.4 Å². The molecule has 1 aromatic heterocycles. The van der Waals surface area contributed by atoms with E-state index in [1.807, 2.05) is 36.4 Å². The number of benzene rings is 3. The van der Waals surface area contributed by atoms with Crippen LogP contribution >= 0.6 is 0 Å². The summed E-state index contributed by atoms with van der Waals surface area (Å²) in [6.07, 6.45) is 1.29. The van der Waals surface area contributed by atoms with Gasteiger partial charge in [-0.15, -0.1) is 0 Å². The molecule has 0 spiro atoms.